The lowest BCUT2D eigenvalue weighted by Crippen LogP contribution is -2.23. The Kier molecular flexibility index (Phi) is 5.73. The van der Waals surface area contributed by atoms with Gasteiger partial charge in [0.05, 0.1) is 24.9 Å². The standard InChI is InChI=1S/C19H16ClN3O4/c1-26-17-5-4-13(10-15(17)20)23-19(25)16-9-12(6-7-21-16)18(24)22-11-14-3-2-8-27-14/h2-10H,11H2,1H3,(H,22,24)(H,23,25). The predicted molar refractivity (Wildman–Crippen MR) is 100 cm³/mol. The number of halogens is 1. The highest BCUT2D eigenvalue weighted by molar-refractivity contribution is 6.32. The van der Waals surface area contributed by atoms with E-state index in [2.05, 4.69) is 15.6 Å². The van der Waals surface area contributed by atoms with Gasteiger partial charge in [-0.15, -0.1) is 0 Å². The summed E-state index contributed by atoms with van der Waals surface area (Å²) in [5.74, 6) is 0.335. The Morgan fingerprint density at radius 2 is 2.04 bits per heavy atom. The van der Waals surface area contributed by atoms with Crippen LogP contribution < -0.4 is 15.4 Å². The van der Waals surface area contributed by atoms with Gasteiger partial charge in [-0.05, 0) is 42.5 Å². The van der Waals surface area contributed by atoms with E-state index in [1.807, 2.05) is 0 Å². The van der Waals surface area contributed by atoms with Crippen LogP contribution in [0.2, 0.25) is 5.02 Å². The molecule has 0 aliphatic rings. The summed E-state index contributed by atoms with van der Waals surface area (Å²) >= 11 is 6.05. The van der Waals surface area contributed by atoms with Crippen molar-refractivity contribution in [2.45, 2.75) is 6.54 Å². The molecule has 0 spiro atoms. The van der Waals surface area contributed by atoms with Crippen molar-refractivity contribution >= 4 is 29.1 Å². The van der Waals surface area contributed by atoms with Crippen molar-refractivity contribution in [3.05, 3.63) is 77.0 Å². The summed E-state index contributed by atoms with van der Waals surface area (Å²) in [4.78, 5) is 28.7. The van der Waals surface area contributed by atoms with Gasteiger partial charge in [0.1, 0.15) is 17.2 Å². The first-order chi connectivity index (χ1) is 13.1. The maximum Gasteiger partial charge on any atom is 0.274 e. The zero-order valence-corrected chi connectivity index (χ0v) is 15.1. The molecule has 27 heavy (non-hydrogen) atoms. The van der Waals surface area contributed by atoms with Gasteiger partial charge >= 0.3 is 0 Å². The van der Waals surface area contributed by atoms with E-state index in [-0.39, 0.29) is 18.1 Å². The summed E-state index contributed by atoms with van der Waals surface area (Å²) in [5, 5.41) is 5.77. The van der Waals surface area contributed by atoms with Gasteiger partial charge in [0.25, 0.3) is 11.8 Å². The highest BCUT2D eigenvalue weighted by Crippen LogP contribution is 2.27. The van der Waals surface area contributed by atoms with E-state index < -0.39 is 5.91 Å². The van der Waals surface area contributed by atoms with Crippen molar-refractivity contribution in [2.24, 2.45) is 0 Å². The van der Waals surface area contributed by atoms with Crippen LogP contribution in [0.4, 0.5) is 5.69 Å². The number of benzene rings is 1. The van der Waals surface area contributed by atoms with Crippen molar-refractivity contribution in [3.63, 3.8) is 0 Å². The average Bonchev–Trinajstić information content (AvgIpc) is 3.20. The number of amides is 2. The van der Waals surface area contributed by atoms with E-state index in [0.29, 0.717) is 27.8 Å². The molecule has 3 rings (SSSR count). The molecule has 0 unspecified atom stereocenters. The summed E-state index contributed by atoms with van der Waals surface area (Å²) in [6, 6.07) is 11.3. The summed E-state index contributed by atoms with van der Waals surface area (Å²) < 4.78 is 10.2. The zero-order valence-electron chi connectivity index (χ0n) is 14.4. The fourth-order valence-electron chi connectivity index (χ4n) is 2.32. The number of nitrogens with zero attached hydrogens (tertiary/aromatic N) is 1. The molecule has 2 heterocycles. The third-order valence-electron chi connectivity index (χ3n) is 3.67. The topological polar surface area (TPSA) is 93.5 Å². The Morgan fingerprint density at radius 3 is 2.74 bits per heavy atom. The van der Waals surface area contributed by atoms with Crippen LogP contribution in [-0.2, 0) is 6.54 Å². The Hall–Kier alpha value is -3.32. The highest BCUT2D eigenvalue weighted by atomic mass is 35.5. The Morgan fingerprint density at radius 1 is 1.19 bits per heavy atom. The largest absolute Gasteiger partial charge is 0.495 e. The number of pyridine rings is 1. The monoisotopic (exact) mass is 385 g/mol. The number of ether oxygens (including phenoxy) is 1. The summed E-state index contributed by atoms with van der Waals surface area (Å²) in [7, 11) is 1.51. The second-order valence-electron chi connectivity index (χ2n) is 5.50. The minimum Gasteiger partial charge on any atom is -0.495 e. The fourth-order valence-corrected chi connectivity index (χ4v) is 2.58. The summed E-state index contributed by atoms with van der Waals surface area (Å²) in [5.41, 5.74) is 0.905. The first-order valence-corrected chi connectivity index (χ1v) is 8.36. The van der Waals surface area contributed by atoms with Gasteiger partial charge in [-0.1, -0.05) is 11.6 Å². The summed E-state index contributed by atoms with van der Waals surface area (Å²) in [6.45, 7) is 0.250. The maximum absolute atomic E-state index is 12.4. The lowest BCUT2D eigenvalue weighted by Gasteiger charge is -2.09. The van der Waals surface area contributed by atoms with E-state index in [1.165, 1.54) is 31.7 Å². The normalized spacial score (nSPS) is 10.3. The minimum absolute atomic E-state index is 0.104. The van der Waals surface area contributed by atoms with E-state index >= 15 is 0 Å². The number of hydrogen-bond acceptors (Lipinski definition) is 5. The molecule has 8 heteroatoms. The first-order valence-electron chi connectivity index (χ1n) is 7.98. The third kappa shape index (κ3) is 4.65. The van der Waals surface area contributed by atoms with Crippen LogP contribution in [0, 0.1) is 0 Å². The molecule has 2 N–H and O–H groups in total. The molecule has 0 radical (unpaired) electrons. The molecular weight excluding hydrogens is 370 g/mol. The zero-order chi connectivity index (χ0) is 19.2. The number of nitrogens with one attached hydrogen (secondary N) is 2. The molecule has 0 fully saturated rings. The Labute approximate surface area is 160 Å². The second-order valence-corrected chi connectivity index (χ2v) is 5.90. The molecule has 1 aromatic carbocycles. The van der Waals surface area contributed by atoms with Gasteiger partial charge in [0.15, 0.2) is 0 Å². The molecule has 2 aromatic heterocycles. The molecule has 3 aromatic rings. The van der Waals surface area contributed by atoms with Crippen LogP contribution in [0.5, 0.6) is 5.75 Å². The number of rotatable bonds is 6. The smallest absolute Gasteiger partial charge is 0.274 e. The number of anilines is 1. The van der Waals surface area contributed by atoms with Crippen LogP contribution >= 0.6 is 11.6 Å². The van der Waals surface area contributed by atoms with Crippen LogP contribution in [0.3, 0.4) is 0 Å². The second kappa shape index (κ2) is 8.37. The quantitative estimate of drug-likeness (QED) is 0.677. The molecule has 0 saturated carbocycles. The van der Waals surface area contributed by atoms with Crippen molar-refractivity contribution in [2.75, 3.05) is 12.4 Å². The number of carbonyl (C=O) groups excluding carboxylic acids is 2. The van der Waals surface area contributed by atoms with E-state index in [0.717, 1.165) is 0 Å². The lowest BCUT2D eigenvalue weighted by atomic mass is 10.2. The number of carbonyl (C=O) groups is 2. The molecule has 7 nitrogen and oxygen atoms in total. The van der Waals surface area contributed by atoms with Gasteiger partial charge in [0.2, 0.25) is 0 Å². The first kappa shape index (κ1) is 18.5. The molecule has 0 saturated heterocycles. The Balaban J connectivity index is 1.67. The van der Waals surface area contributed by atoms with Crippen molar-refractivity contribution < 1.29 is 18.7 Å². The highest BCUT2D eigenvalue weighted by Gasteiger charge is 2.13. The average molecular weight is 386 g/mol. The molecule has 0 aliphatic heterocycles. The van der Waals surface area contributed by atoms with Crippen LogP contribution in [0.1, 0.15) is 26.6 Å². The maximum atomic E-state index is 12.4. The van der Waals surface area contributed by atoms with Crippen LogP contribution in [0.15, 0.2) is 59.3 Å². The van der Waals surface area contributed by atoms with Gasteiger partial charge in [-0.25, -0.2) is 0 Å². The molecule has 0 bridgehead atoms. The van der Waals surface area contributed by atoms with Crippen molar-refractivity contribution in [3.8, 4) is 5.75 Å². The van der Waals surface area contributed by atoms with Crippen LogP contribution in [-0.4, -0.2) is 23.9 Å². The van der Waals surface area contributed by atoms with E-state index in [1.54, 1.807) is 30.3 Å². The van der Waals surface area contributed by atoms with E-state index in [4.69, 9.17) is 20.8 Å². The molecular formula is C19H16ClN3O4. The van der Waals surface area contributed by atoms with Crippen LogP contribution in [0.25, 0.3) is 0 Å². The molecule has 0 atom stereocenters. The lowest BCUT2D eigenvalue weighted by molar-refractivity contribution is 0.0948. The molecule has 0 aliphatic carbocycles. The fraction of sp³-hybridized carbons (Fsp3) is 0.105. The number of aromatic nitrogens is 1. The van der Waals surface area contributed by atoms with Gasteiger partial charge < -0.3 is 19.8 Å². The third-order valence-corrected chi connectivity index (χ3v) is 3.96. The molecule has 2 amide bonds. The van der Waals surface area contributed by atoms with Gasteiger partial charge in [-0.3, -0.25) is 14.6 Å². The van der Waals surface area contributed by atoms with Gasteiger partial charge in [0, 0.05) is 17.4 Å². The van der Waals surface area contributed by atoms with E-state index in [9.17, 15) is 9.59 Å². The van der Waals surface area contributed by atoms with Crippen molar-refractivity contribution in [1.29, 1.82) is 0 Å². The number of hydrogen-bond donors (Lipinski definition) is 2. The summed E-state index contributed by atoms with van der Waals surface area (Å²) in [6.07, 6.45) is 2.93. The number of methoxy groups -OCH3 is 1. The SMILES string of the molecule is COc1ccc(NC(=O)c2cc(C(=O)NCc3ccco3)ccn2)cc1Cl. The van der Waals surface area contributed by atoms with Gasteiger partial charge in [-0.2, -0.15) is 0 Å². The molecule has 138 valence electrons. The number of furan rings is 1. The Bertz CT molecular complexity index is 957. The predicted octanol–water partition coefficient (Wildman–Crippen LogP) is 3.52. The van der Waals surface area contributed by atoms with Crippen molar-refractivity contribution in [1.82, 2.24) is 10.3 Å². The minimum atomic E-state index is -0.461.